The van der Waals surface area contributed by atoms with Crippen LogP contribution in [0.3, 0.4) is 0 Å². The zero-order valence-corrected chi connectivity index (χ0v) is 8.96. The first-order chi connectivity index (χ1) is 6.45. The first-order valence-corrected chi connectivity index (χ1v) is 4.76. The molecule has 0 aliphatic carbocycles. The van der Waals surface area contributed by atoms with Crippen LogP contribution in [0.1, 0.15) is 61.3 Å². The third kappa shape index (κ3) is 1.78. The molecule has 4 heteroatoms. The second-order valence-electron chi connectivity index (χ2n) is 4.01. The molecule has 0 amide bonds. The van der Waals surface area contributed by atoms with Gasteiger partial charge in [0.1, 0.15) is 5.56 Å². The van der Waals surface area contributed by atoms with Crippen molar-refractivity contribution < 1.29 is 9.90 Å². The average Bonchev–Trinajstić information content (AvgIpc) is 2.46. The SMILES string of the molecule is CC(C)c1n[nH]c(C(C)C)c1C(=O)O. The van der Waals surface area contributed by atoms with Gasteiger partial charge in [0.25, 0.3) is 0 Å². The Morgan fingerprint density at radius 2 is 1.86 bits per heavy atom. The summed E-state index contributed by atoms with van der Waals surface area (Å²) < 4.78 is 0. The number of rotatable bonds is 3. The summed E-state index contributed by atoms with van der Waals surface area (Å²) in [6.07, 6.45) is 0. The van der Waals surface area contributed by atoms with E-state index in [4.69, 9.17) is 5.11 Å². The number of aromatic amines is 1. The maximum atomic E-state index is 11.1. The Morgan fingerprint density at radius 1 is 1.29 bits per heavy atom. The van der Waals surface area contributed by atoms with Crippen LogP contribution >= 0.6 is 0 Å². The van der Waals surface area contributed by atoms with Crippen LogP contribution in [0.4, 0.5) is 0 Å². The highest BCUT2D eigenvalue weighted by Crippen LogP contribution is 2.24. The Balaban J connectivity index is 3.28. The second-order valence-corrected chi connectivity index (χ2v) is 4.01. The third-order valence-corrected chi connectivity index (χ3v) is 2.16. The van der Waals surface area contributed by atoms with Gasteiger partial charge < -0.3 is 5.11 Å². The van der Waals surface area contributed by atoms with Crippen molar-refractivity contribution in [1.29, 1.82) is 0 Å². The summed E-state index contributed by atoms with van der Waals surface area (Å²) in [6, 6.07) is 0. The normalized spacial score (nSPS) is 11.3. The molecule has 1 rings (SSSR count). The van der Waals surface area contributed by atoms with Crippen LogP contribution in [-0.4, -0.2) is 21.3 Å². The molecule has 0 aliphatic heterocycles. The number of hydrogen-bond donors (Lipinski definition) is 2. The van der Waals surface area contributed by atoms with E-state index in [-0.39, 0.29) is 11.8 Å². The van der Waals surface area contributed by atoms with Gasteiger partial charge >= 0.3 is 5.97 Å². The van der Waals surface area contributed by atoms with E-state index in [1.54, 1.807) is 0 Å². The number of H-pyrrole nitrogens is 1. The quantitative estimate of drug-likeness (QED) is 0.779. The molecule has 0 saturated heterocycles. The number of aromatic nitrogens is 2. The standard InChI is InChI=1S/C10H16N2O2/c1-5(2)8-7(10(13)14)9(6(3)4)12-11-8/h5-6H,1-4H3,(H,11,12)(H,13,14). The van der Waals surface area contributed by atoms with E-state index in [0.29, 0.717) is 17.0 Å². The number of aromatic carboxylic acids is 1. The highest BCUT2D eigenvalue weighted by Gasteiger charge is 2.22. The van der Waals surface area contributed by atoms with Crippen molar-refractivity contribution in [1.82, 2.24) is 10.2 Å². The Hall–Kier alpha value is -1.32. The number of nitrogens with one attached hydrogen (secondary N) is 1. The highest BCUT2D eigenvalue weighted by atomic mass is 16.4. The lowest BCUT2D eigenvalue weighted by Gasteiger charge is -2.05. The van der Waals surface area contributed by atoms with Crippen molar-refractivity contribution in [2.45, 2.75) is 39.5 Å². The topological polar surface area (TPSA) is 66.0 Å². The average molecular weight is 196 g/mol. The maximum Gasteiger partial charge on any atom is 0.339 e. The van der Waals surface area contributed by atoms with Crippen molar-refractivity contribution in [2.24, 2.45) is 0 Å². The molecule has 1 heterocycles. The third-order valence-electron chi connectivity index (χ3n) is 2.16. The predicted octanol–water partition coefficient (Wildman–Crippen LogP) is 2.35. The van der Waals surface area contributed by atoms with Crippen LogP contribution in [0.5, 0.6) is 0 Å². The molecular weight excluding hydrogens is 180 g/mol. The summed E-state index contributed by atoms with van der Waals surface area (Å²) in [4.78, 5) is 11.1. The molecule has 0 radical (unpaired) electrons. The Kier molecular flexibility index (Phi) is 2.93. The number of carboxylic acid groups (broad SMARTS) is 1. The van der Waals surface area contributed by atoms with Gasteiger partial charge in [-0.05, 0) is 11.8 Å². The van der Waals surface area contributed by atoms with Crippen molar-refractivity contribution in [3.05, 3.63) is 17.0 Å². The van der Waals surface area contributed by atoms with Gasteiger partial charge in [-0.1, -0.05) is 27.7 Å². The minimum absolute atomic E-state index is 0.129. The van der Waals surface area contributed by atoms with Crippen LogP contribution in [0.15, 0.2) is 0 Å². The Labute approximate surface area is 83.3 Å². The number of carboxylic acids is 1. The van der Waals surface area contributed by atoms with Gasteiger partial charge in [-0.15, -0.1) is 0 Å². The van der Waals surface area contributed by atoms with Gasteiger partial charge in [0.2, 0.25) is 0 Å². The van der Waals surface area contributed by atoms with Crippen LogP contribution < -0.4 is 0 Å². The van der Waals surface area contributed by atoms with Crippen LogP contribution in [0.2, 0.25) is 0 Å². The molecule has 78 valence electrons. The van der Waals surface area contributed by atoms with Crippen LogP contribution in [-0.2, 0) is 0 Å². The number of nitrogens with zero attached hydrogens (tertiary/aromatic N) is 1. The van der Waals surface area contributed by atoms with Gasteiger partial charge in [-0.2, -0.15) is 5.10 Å². The molecule has 0 aliphatic rings. The van der Waals surface area contributed by atoms with E-state index >= 15 is 0 Å². The molecule has 0 fully saturated rings. The predicted molar refractivity (Wildman–Crippen MR) is 53.7 cm³/mol. The van der Waals surface area contributed by atoms with E-state index in [2.05, 4.69) is 10.2 Å². The lowest BCUT2D eigenvalue weighted by atomic mass is 9.99. The first kappa shape index (κ1) is 10.8. The minimum Gasteiger partial charge on any atom is -0.478 e. The van der Waals surface area contributed by atoms with Crippen LogP contribution in [0.25, 0.3) is 0 Å². The van der Waals surface area contributed by atoms with Crippen LogP contribution in [0, 0.1) is 0 Å². The van der Waals surface area contributed by atoms with E-state index < -0.39 is 5.97 Å². The summed E-state index contributed by atoms with van der Waals surface area (Å²) in [7, 11) is 0. The van der Waals surface area contributed by atoms with Crippen molar-refractivity contribution in [3.63, 3.8) is 0 Å². The summed E-state index contributed by atoms with van der Waals surface area (Å²) >= 11 is 0. The van der Waals surface area contributed by atoms with Crippen molar-refractivity contribution >= 4 is 5.97 Å². The molecule has 0 unspecified atom stereocenters. The van der Waals surface area contributed by atoms with E-state index in [0.717, 1.165) is 0 Å². The molecule has 0 atom stereocenters. The molecule has 1 aromatic rings. The largest absolute Gasteiger partial charge is 0.478 e. The van der Waals surface area contributed by atoms with E-state index in [1.165, 1.54) is 0 Å². The first-order valence-electron chi connectivity index (χ1n) is 4.76. The Morgan fingerprint density at radius 3 is 2.21 bits per heavy atom. The summed E-state index contributed by atoms with van der Waals surface area (Å²) in [5.74, 6) is -0.614. The fourth-order valence-corrected chi connectivity index (χ4v) is 1.43. The summed E-state index contributed by atoms with van der Waals surface area (Å²) in [5.41, 5.74) is 1.69. The Bertz CT molecular complexity index is 314. The highest BCUT2D eigenvalue weighted by molar-refractivity contribution is 5.90. The van der Waals surface area contributed by atoms with Crippen molar-refractivity contribution in [2.75, 3.05) is 0 Å². The smallest absolute Gasteiger partial charge is 0.339 e. The van der Waals surface area contributed by atoms with Gasteiger partial charge in [0.15, 0.2) is 0 Å². The molecule has 0 spiro atoms. The molecule has 0 saturated carbocycles. The molecule has 0 aromatic carbocycles. The van der Waals surface area contributed by atoms with E-state index in [9.17, 15) is 4.79 Å². The van der Waals surface area contributed by atoms with Gasteiger partial charge in [-0.3, -0.25) is 5.10 Å². The molecular formula is C10H16N2O2. The molecule has 0 bridgehead atoms. The minimum atomic E-state index is -0.897. The zero-order chi connectivity index (χ0) is 10.9. The van der Waals surface area contributed by atoms with Gasteiger partial charge in [0.05, 0.1) is 11.4 Å². The number of hydrogen-bond acceptors (Lipinski definition) is 2. The monoisotopic (exact) mass is 196 g/mol. The molecule has 2 N–H and O–H groups in total. The zero-order valence-electron chi connectivity index (χ0n) is 8.96. The van der Waals surface area contributed by atoms with Gasteiger partial charge in [-0.25, -0.2) is 4.79 Å². The second kappa shape index (κ2) is 3.82. The lowest BCUT2D eigenvalue weighted by Crippen LogP contribution is -2.05. The maximum absolute atomic E-state index is 11.1. The molecule has 4 nitrogen and oxygen atoms in total. The molecule has 14 heavy (non-hydrogen) atoms. The lowest BCUT2D eigenvalue weighted by molar-refractivity contribution is 0.0693. The molecule has 1 aromatic heterocycles. The van der Waals surface area contributed by atoms with Gasteiger partial charge in [0, 0.05) is 0 Å². The number of carbonyl (C=O) groups is 1. The van der Waals surface area contributed by atoms with E-state index in [1.807, 2.05) is 27.7 Å². The summed E-state index contributed by atoms with van der Waals surface area (Å²) in [6.45, 7) is 7.77. The fraction of sp³-hybridized carbons (Fsp3) is 0.600. The fourth-order valence-electron chi connectivity index (χ4n) is 1.43. The summed E-state index contributed by atoms with van der Waals surface area (Å²) in [5, 5.41) is 15.9. The van der Waals surface area contributed by atoms with Crippen molar-refractivity contribution in [3.8, 4) is 0 Å².